The van der Waals surface area contributed by atoms with Crippen LogP contribution >= 0.6 is 10.7 Å². The van der Waals surface area contributed by atoms with Gasteiger partial charge in [-0.15, -0.1) is 4.13 Å². The van der Waals surface area contributed by atoms with Crippen LogP contribution in [0.3, 0.4) is 0 Å². The molecule has 0 aliphatic rings. The molecule has 6 aromatic carbocycles. The number of sulfonamides is 2. The summed E-state index contributed by atoms with van der Waals surface area (Å²) in [5.74, 6) is 0.272. The molecule has 0 bridgehead atoms. The Hall–Kier alpha value is -6.04. The molecule has 0 heterocycles. The van der Waals surface area contributed by atoms with E-state index in [4.69, 9.17) is 29.6 Å². The Morgan fingerprint density at radius 3 is 1.26 bits per heavy atom. The molecule has 0 aliphatic carbocycles. The molecule has 17 heteroatoms. The fraction of sp³-hybridized carbons (Fsp3) is 0.0732. The van der Waals surface area contributed by atoms with Gasteiger partial charge in [-0.25, -0.2) is 25.3 Å². The summed E-state index contributed by atoms with van der Waals surface area (Å²) in [5.41, 5.74) is 2.60. The minimum atomic E-state index is -4.52. The number of methoxy groups -OCH3 is 1. The molecule has 0 aromatic heterocycles. The van der Waals surface area contributed by atoms with Gasteiger partial charge in [0.25, 0.3) is 19.1 Å². The predicted octanol–water partition coefficient (Wildman–Crippen LogP) is 8.01. The van der Waals surface area contributed by atoms with Gasteiger partial charge in [-0.3, -0.25) is 9.59 Å². The zero-order chi connectivity index (χ0) is 41.8. The van der Waals surface area contributed by atoms with Crippen LogP contribution in [-0.4, -0.2) is 50.2 Å². The van der Waals surface area contributed by atoms with E-state index in [-0.39, 0.29) is 62.1 Å². The molecule has 298 valence electrons. The first kappa shape index (κ1) is 41.6. The number of halogens is 1. The molecular formula is C41H32ClNO12S3. The van der Waals surface area contributed by atoms with Gasteiger partial charge >= 0.3 is 0 Å². The van der Waals surface area contributed by atoms with Gasteiger partial charge in [-0.1, -0.05) is 29.8 Å². The fourth-order valence-electron chi connectivity index (χ4n) is 5.46. The number of ketones is 2. The van der Waals surface area contributed by atoms with Gasteiger partial charge in [0, 0.05) is 45.1 Å². The van der Waals surface area contributed by atoms with Crippen molar-refractivity contribution in [2.45, 2.75) is 16.7 Å². The van der Waals surface area contributed by atoms with E-state index in [0.29, 0.717) is 23.1 Å². The summed E-state index contributed by atoms with van der Waals surface area (Å²) in [4.78, 5) is 25.3. The number of hydrogen-bond donors (Lipinski definition) is 1. The highest BCUT2D eigenvalue weighted by Gasteiger charge is 2.25. The summed E-state index contributed by atoms with van der Waals surface area (Å²) in [6, 6.07) is 33.4. The molecule has 0 saturated heterocycles. The van der Waals surface area contributed by atoms with E-state index in [1.54, 1.807) is 40.5 Å². The van der Waals surface area contributed by atoms with E-state index in [1.807, 2.05) is 19.1 Å². The summed E-state index contributed by atoms with van der Waals surface area (Å²) in [5, 5.41) is 0. The van der Waals surface area contributed by atoms with Gasteiger partial charge in [0.2, 0.25) is 10.0 Å². The van der Waals surface area contributed by atoms with Crippen LogP contribution in [0.1, 0.15) is 37.4 Å². The van der Waals surface area contributed by atoms with Gasteiger partial charge in [0.05, 0.1) is 13.4 Å². The molecule has 0 atom stereocenters. The van der Waals surface area contributed by atoms with Crippen molar-refractivity contribution in [3.63, 3.8) is 0 Å². The average molecular weight is 862 g/mol. The smallest absolute Gasteiger partial charge is 0.265 e. The fourth-order valence-corrected chi connectivity index (χ4v) is 9.07. The maximum atomic E-state index is 13.3. The van der Waals surface area contributed by atoms with E-state index in [1.165, 1.54) is 86.0 Å². The molecule has 6 aromatic rings. The Labute approximate surface area is 339 Å². The first-order valence-corrected chi connectivity index (χ1v) is 22.6. The third-order valence-corrected chi connectivity index (χ3v) is 12.6. The van der Waals surface area contributed by atoms with Crippen LogP contribution < -0.4 is 23.1 Å². The number of benzene rings is 6. The highest BCUT2D eigenvalue weighted by Crippen LogP contribution is 2.36. The largest absolute Gasteiger partial charge is 0.495 e. The average Bonchev–Trinajstić information content (AvgIpc) is 3.18. The van der Waals surface area contributed by atoms with Gasteiger partial charge in [0.1, 0.15) is 50.0 Å². The van der Waals surface area contributed by atoms with Crippen molar-refractivity contribution < 1.29 is 53.8 Å². The predicted molar refractivity (Wildman–Crippen MR) is 215 cm³/mol. The molecule has 13 nitrogen and oxygen atoms in total. The lowest BCUT2D eigenvalue weighted by Gasteiger charge is -2.13. The van der Waals surface area contributed by atoms with E-state index in [9.17, 15) is 34.8 Å². The lowest BCUT2D eigenvalue weighted by Crippen LogP contribution is -2.29. The number of rotatable bonds is 15. The summed E-state index contributed by atoms with van der Waals surface area (Å²) >= 11 is 0. The first-order valence-electron chi connectivity index (χ1n) is 16.9. The molecular weight excluding hydrogens is 830 g/mol. The van der Waals surface area contributed by atoms with Crippen molar-refractivity contribution in [1.29, 1.82) is 0 Å². The Morgan fingerprint density at radius 1 is 0.500 bits per heavy atom. The standard InChI is InChI=1S/C41H32ClNO12S3/c1-26-4-6-27(7-5-26)40(44)28-8-14-31(15-9-28)53-34-21-23-37(38(24-34)57(42,48)49)55-33-18-12-30(13-19-33)41(45)29-10-16-32(17-11-29)54-35-20-22-36(52-2)39(25-35)58(50,51)43-56(3,46)47/h4-25,43H,1-3H3. The molecule has 0 amide bonds. The van der Waals surface area contributed by atoms with Gasteiger partial charge in [0.15, 0.2) is 11.6 Å². The molecule has 0 radical (unpaired) electrons. The molecule has 0 saturated carbocycles. The number of aryl methyl sites for hydroxylation is 1. The third kappa shape index (κ3) is 10.3. The minimum Gasteiger partial charge on any atom is -0.495 e. The monoisotopic (exact) mass is 861 g/mol. The summed E-state index contributed by atoms with van der Waals surface area (Å²) in [7, 11) is -5.96. The molecule has 1 N–H and O–H groups in total. The molecule has 6 rings (SSSR count). The molecule has 0 aliphatic heterocycles. The van der Waals surface area contributed by atoms with Gasteiger partial charge in [-0.05, 0) is 104 Å². The van der Waals surface area contributed by atoms with Crippen LogP contribution in [-0.2, 0) is 29.1 Å². The first-order chi connectivity index (χ1) is 27.4. The van der Waals surface area contributed by atoms with Gasteiger partial charge < -0.3 is 18.9 Å². The lowest BCUT2D eigenvalue weighted by molar-refractivity contribution is 0.103. The van der Waals surface area contributed by atoms with E-state index < -0.39 is 34.0 Å². The Kier molecular flexibility index (Phi) is 12.1. The van der Waals surface area contributed by atoms with Crippen molar-refractivity contribution in [2.24, 2.45) is 0 Å². The van der Waals surface area contributed by atoms with Crippen molar-refractivity contribution >= 4 is 51.3 Å². The number of ether oxygens (including phenoxy) is 4. The lowest BCUT2D eigenvalue weighted by atomic mass is 10.0. The quantitative estimate of drug-likeness (QED) is 0.0776. The Bertz CT molecular complexity index is 2850. The van der Waals surface area contributed by atoms with Crippen molar-refractivity contribution in [2.75, 3.05) is 13.4 Å². The highest BCUT2D eigenvalue weighted by molar-refractivity contribution is 8.13. The van der Waals surface area contributed by atoms with Crippen LogP contribution in [0, 0.1) is 6.92 Å². The second-order valence-corrected chi connectivity index (χ2v) is 18.8. The number of nitrogens with one attached hydrogen (secondary N) is 1. The van der Waals surface area contributed by atoms with Crippen LogP contribution in [0.4, 0.5) is 0 Å². The van der Waals surface area contributed by atoms with Crippen LogP contribution in [0.15, 0.2) is 143 Å². The topological polar surface area (TPSA) is 186 Å². The second kappa shape index (κ2) is 16.8. The van der Waals surface area contributed by atoms with Crippen molar-refractivity contribution in [3.8, 4) is 40.2 Å². The molecule has 58 heavy (non-hydrogen) atoms. The highest BCUT2D eigenvalue weighted by atomic mass is 35.7. The number of carbonyl (C=O) groups is 2. The van der Waals surface area contributed by atoms with E-state index >= 15 is 0 Å². The summed E-state index contributed by atoms with van der Waals surface area (Å²) in [6.45, 7) is 1.93. The van der Waals surface area contributed by atoms with Crippen molar-refractivity contribution in [3.05, 3.63) is 161 Å². The van der Waals surface area contributed by atoms with E-state index in [2.05, 4.69) is 0 Å². The van der Waals surface area contributed by atoms with Crippen LogP contribution in [0.2, 0.25) is 0 Å². The van der Waals surface area contributed by atoms with Crippen LogP contribution in [0.5, 0.6) is 40.2 Å². The zero-order valence-corrected chi connectivity index (χ0v) is 33.9. The molecule has 0 fully saturated rings. The van der Waals surface area contributed by atoms with Crippen molar-refractivity contribution in [1.82, 2.24) is 4.13 Å². The number of carbonyl (C=O) groups excluding carboxylic acids is 2. The third-order valence-electron chi connectivity index (χ3n) is 8.23. The van der Waals surface area contributed by atoms with Gasteiger partial charge in [-0.2, -0.15) is 0 Å². The zero-order valence-electron chi connectivity index (χ0n) is 30.7. The minimum absolute atomic E-state index is 0.0508. The Morgan fingerprint density at radius 2 is 0.862 bits per heavy atom. The maximum absolute atomic E-state index is 13.3. The molecule has 0 spiro atoms. The normalized spacial score (nSPS) is 11.7. The summed E-state index contributed by atoms with van der Waals surface area (Å²) < 4.78 is 97.8. The van der Waals surface area contributed by atoms with Crippen LogP contribution in [0.25, 0.3) is 0 Å². The number of hydrogen-bond acceptors (Lipinski definition) is 12. The molecule has 0 unspecified atom stereocenters. The summed E-state index contributed by atoms with van der Waals surface area (Å²) in [6.07, 6.45) is 0.702. The van der Waals surface area contributed by atoms with E-state index in [0.717, 1.165) is 11.6 Å². The second-order valence-electron chi connectivity index (χ2n) is 12.6. The maximum Gasteiger partial charge on any atom is 0.265 e. The Balaban J connectivity index is 1.11. The SMILES string of the molecule is COc1ccc(Oc2ccc(C(=O)c3ccc(Oc4ccc(Oc5ccc(C(=O)c6ccc(C)cc6)cc5)cc4S(=O)(=O)Cl)cc3)cc2)cc1S(=O)(=O)NS(C)(=O)=O.